The van der Waals surface area contributed by atoms with Gasteiger partial charge in [-0.2, -0.15) is 4.98 Å². The van der Waals surface area contributed by atoms with Crippen molar-refractivity contribution < 1.29 is 23.6 Å². The zero-order chi connectivity index (χ0) is 17.1. The number of rotatable bonds is 4. The van der Waals surface area contributed by atoms with E-state index in [1.807, 2.05) is 0 Å². The van der Waals surface area contributed by atoms with Crippen LogP contribution in [0.25, 0.3) is 11.4 Å². The van der Waals surface area contributed by atoms with Gasteiger partial charge in [-0.05, 0) is 42.5 Å². The quantitative estimate of drug-likeness (QED) is 0.725. The maximum Gasteiger partial charge on any atom is 0.342 e. The number of hydrogen-bond donors (Lipinski definition) is 1. The summed E-state index contributed by atoms with van der Waals surface area (Å²) < 4.78 is 22.9. The van der Waals surface area contributed by atoms with Gasteiger partial charge in [-0.3, -0.25) is 0 Å². The third-order valence-corrected chi connectivity index (χ3v) is 3.31. The van der Waals surface area contributed by atoms with Crippen LogP contribution in [0.5, 0.6) is 5.75 Å². The molecule has 3 aromatic rings. The highest BCUT2D eigenvalue weighted by molar-refractivity contribution is 6.30. The minimum Gasteiger partial charge on any atom is -0.507 e. The molecule has 1 aromatic heterocycles. The SMILES string of the molecule is O=C(OCc1nc(-c2ccc(F)cc2)no1)c1ccc(Cl)cc1O. The Hall–Kier alpha value is -2.93. The van der Waals surface area contributed by atoms with Crippen LogP contribution in [-0.2, 0) is 11.3 Å². The number of carbonyl (C=O) groups is 1. The second-order valence-electron chi connectivity index (χ2n) is 4.76. The fraction of sp³-hybridized carbons (Fsp3) is 0.0625. The summed E-state index contributed by atoms with van der Waals surface area (Å²) in [6.45, 7) is -0.269. The van der Waals surface area contributed by atoms with E-state index in [9.17, 15) is 14.3 Å². The number of esters is 1. The Labute approximate surface area is 140 Å². The predicted molar refractivity (Wildman–Crippen MR) is 81.9 cm³/mol. The van der Waals surface area contributed by atoms with Crippen LogP contribution in [0.15, 0.2) is 47.0 Å². The molecular weight excluding hydrogens is 339 g/mol. The highest BCUT2D eigenvalue weighted by Gasteiger charge is 2.15. The average molecular weight is 349 g/mol. The summed E-state index contributed by atoms with van der Waals surface area (Å²) in [6, 6.07) is 9.58. The zero-order valence-electron chi connectivity index (χ0n) is 12.1. The molecule has 0 saturated carbocycles. The van der Waals surface area contributed by atoms with Gasteiger partial charge in [0.05, 0.1) is 0 Å². The summed E-state index contributed by atoms with van der Waals surface area (Å²) in [6.07, 6.45) is 0. The lowest BCUT2D eigenvalue weighted by Crippen LogP contribution is -2.05. The molecule has 0 aliphatic carbocycles. The second kappa shape index (κ2) is 6.67. The van der Waals surface area contributed by atoms with Gasteiger partial charge < -0.3 is 14.4 Å². The van der Waals surface area contributed by atoms with Gasteiger partial charge in [0.15, 0.2) is 6.61 Å². The molecule has 6 nitrogen and oxygen atoms in total. The molecule has 1 N–H and O–H groups in total. The van der Waals surface area contributed by atoms with Crippen molar-refractivity contribution in [1.29, 1.82) is 0 Å². The lowest BCUT2D eigenvalue weighted by atomic mass is 10.2. The minimum absolute atomic E-state index is 0.0299. The Kier molecular flexibility index (Phi) is 4.43. The second-order valence-corrected chi connectivity index (χ2v) is 5.19. The van der Waals surface area contributed by atoms with E-state index in [1.165, 1.54) is 42.5 Å². The number of aromatic nitrogens is 2. The van der Waals surface area contributed by atoms with Crippen molar-refractivity contribution in [2.24, 2.45) is 0 Å². The first-order chi connectivity index (χ1) is 11.5. The number of halogens is 2. The number of aromatic hydroxyl groups is 1. The van der Waals surface area contributed by atoms with Crippen molar-refractivity contribution in [3.8, 4) is 17.1 Å². The van der Waals surface area contributed by atoms with Crippen LogP contribution in [0, 0.1) is 5.82 Å². The van der Waals surface area contributed by atoms with Gasteiger partial charge in [0, 0.05) is 10.6 Å². The molecule has 24 heavy (non-hydrogen) atoms. The van der Waals surface area contributed by atoms with E-state index in [0.717, 1.165) is 0 Å². The molecule has 0 unspecified atom stereocenters. The standard InChI is InChI=1S/C16H10ClFN2O4/c17-10-3-6-12(13(21)7-10)16(22)23-8-14-19-15(20-24-14)9-1-4-11(18)5-2-9/h1-7,21H,8H2. The first-order valence-electron chi connectivity index (χ1n) is 6.77. The predicted octanol–water partition coefficient (Wildman–Crippen LogP) is 3.59. The van der Waals surface area contributed by atoms with Crippen molar-refractivity contribution in [2.45, 2.75) is 6.61 Å². The molecule has 0 fully saturated rings. The van der Waals surface area contributed by atoms with Gasteiger partial charge in [-0.25, -0.2) is 9.18 Å². The van der Waals surface area contributed by atoms with Crippen LogP contribution >= 0.6 is 11.6 Å². The molecule has 8 heteroatoms. The van der Waals surface area contributed by atoms with Crippen molar-refractivity contribution >= 4 is 17.6 Å². The van der Waals surface area contributed by atoms with Crippen LogP contribution in [0.2, 0.25) is 5.02 Å². The first kappa shape index (κ1) is 15.9. The van der Waals surface area contributed by atoms with Gasteiger partial charge in [-0.1, -0.05) is 16.8 Å². The minimum atomic E-state index is -0.759. The third-order valence-electron chi connectivity index (χ3n) is 3.08. The topological polar surface area (TPSA) is 85.5 Å². The third kappa shape index (κ3) is 3.52. The normalized spacial score (nSPS) is 10.6. The van der Waals surface area contributed by atoms with Gasteiger partial charge in [-0.15, -0.1) is 0 Å². The molecule has 0 bridgehead atoms. The number of phenolic OH excluding ortho intramolecular Hbond substituents is 1. The van der Waals surface area contributed by atoms with Crippen LogP contribution < -0.4 is 0 Å². The molecule has 1 heterocycles. The Bertz CT molecular complexity index is 880. The molecule has 3 rings (SSSR count). The Morgan fingerprint density at radius 2 is 2.00 bits per heavy atom. The number of benzene rings is 2. The maximum atomic E-state index is 12.9. The molecular formula is C16H10ClFN2O4. The number of nitrogens with zero attached hydrogens (tertiary/aromatic N) is 2. The molecule has 0 aliphatic heterocycles. The largest absolute Gasteiger partial charge is 0.507 e. The number of carbonyl (C=O) groups excluding carboxylic acids is 1. The molecule has 2 aromatic carbocycles. The summed E-state index contributed by atoms with van der Waals surface area (Å²) >= 11 is 5.70. The van der Waals surface area contributed by atoms with E-state index in [4.69, 9.17) is 20.9 Å². The molecule has 0 spiro atoms. The van der Waals surface area contributed by atoms with E-state index in [0.29, 0.717) is 10.6 Å². The fourth-order valence-corrected chi connectivity index (χ4v) is 2.08. The lowest BCUT2D eigenvalue weighted by Gasteiger charge is -2.04. The average Bonchev–Trinajstić information content (AvgIpc) is 3.02. The summed E-state index contributed by atoms with van der Waals surface area (Å²) in [4.78, 5) is 16.0. The number of ether oxygens (including phenoxy) is 1. The molecule has 0 aliphatic rings. The van der Waals surface area contributed by atoms with E-state index in [2.05, 4.69) is 10.1 Å². The highest BCUT2D eigenvalue weighted by Crippen LogP contribution is 2.23. The van der Waals surface area contributed by atoms with Gasteiger partial charge in [0.25, 0.3) is 5.89 Å². The van der Waals surface area contributed by atoms with E-state index >= 15 is 0 Å². The summed E-state index contributed by atoms with van der Waals surface area (Å²) in [7, 11) is 0. The van der Waals surface area contributed by atoms with Crippen molar-refractivity contribution in [3.63, 3.8) is 0 Å². The van der Waals surface area contributed by atoms with Gasteiger partial charge >= 0.3 is 5.97 Å². The Morgan fingerprint density at radius 3 is 2.71 bits per heavy atom. The van der Waals surface area contributed by atoms with Crippen molar-refractivity contribution in [2.75, 3.05) is 0 Å². The lowest BCUT2D eigenvalue weighted by molar-refractivity contribution is 0.0426. The maximum absolute atomic E-state index is 12.9. The van der Waals surface area contributed by atoms with Crippen LogP contribution in [-0.4, -0.2) is 21.2 Å². The molecule has 0 amide bonds. The van der Waals surface area contributed by atoms with Crippen LogP contribution in [0.1, 0.15) is 16.2 Å². The van der Waals surface area contributed by atoms with E-state index in [1.54, 1.807) is 0 Å². The first-order valence-corrected chi connectivity index (χ1v) is 7.15. The summed E-state index contributed by atoms with van der Waals surface area (Å²) in [5.41, 5.74) is 0.533. The number of phenols is 1. The molecule has 0 atom stereocenters. The summed E-state index contributed by atoms with van der Waals surface area (Å²) in [5, 5.41) is 13.7. The van der Waals surface area contributed by atoms with Crippen LogP contribution in [0.4, 0.5) is 4.39 Å². The Morgan fingerprint density at radius 1 is 1.25 bits per heavy atom. The molecule has 122 valence electrons. The summed E-state index contributed by atoms with van der Waals surface area (Å²) in [5.74, 6) is -1.11. The van der Waals surface area contributed by atoms with Gasteiger partial charge in [0.2, 0.25) is 5.82 Å². The Balaban J connectivity index is 1.67. The van der Waals surface area contributed by atoms with Crippen molar-refractivity contribution in [3.05, 3.63) is 64.8 Å². The van der Waals surface area contributed by atoms with Crippen LogP contribution in [0.3, 0.4) is 0 Å². The fourth-order valence-electron chi connectivity index (χ4n) is 1.91. The molecule has 0 saturated heterocycles. The highest BCUT2D eigenvalue weighted by atomic mass is 35.5. The molecule has 0 radical (unpaired) electrons. The van der Waals surface area contributed by atoms with E-state index in [-0.39, 0.29) is 35.5 Å². The van der Waals surface area contributed by atoms with Gasteiger partial charge in [0.1, 0.15) is 17.1 Å². The zero-order valence-corrected chi connectivity index (χ0v) is 12.8. The smallest absolute Gasteiger partial charge is 0.342 e. The van der Waals surface area contributed by atoms with E-state index < -0.39 is 5.97 Å². The monoisotopic (exact) mass is 348 g/mol. The number of hydrogen-bond acceptors (Lipinski definition) is 6. The van der Waals surface area contributed by atoms with Crippen molar-refractivity contribution in [1.82, 2.24) is 10.1 Å².